The molecule has 1 fully saturated rings. The second-order valence-corrected chi connectivity index (χ2v) is 12.5. The molecular weight excluding hydrogens is 699 g/mol. The van der Waals surface area contributed by atoms with E-state index in [2.05, 4.69) is 15.6 Å². The van der Waals surface area contributed by atoms with Crippen molar-refractivity contribution >= 4 is 51.7 Å². The second-order valence-electron chi connectivity index (χ2n) is 12.5. The molecule has 3 aromatic carbocycles. The third-order valence-electron chi connectivity index (χ3n) is 8.40. The molecule has 13 nitrogen and oxygen atoms in total. The van der Waals surface area contributed by atoms with E-state index in [1.165, 1.54) is 30.2 Å². The molecule has 0 aliphatic carbocycles. The summed E-state index contributed by atoms with van der Waals surface area (Å²) in [6, 6.07) is 12.5. The lowest BCUT2D eigenvalue weighted by atomic mass is 9.92. The van der Waals surface area contributed by atoms with Crippen LogP contribution in [0.2, 0.25) is 0 Å². The van der Waals surface area contributed by atoms with Crippen molar-refractivity contribution in [3.8, 4) is 17.2 Å². The Hall–Kier alpha value is -6.06. The second kappa shape index (κ2) is 15.7. The van der Waals surface area contributed by atoms with Crippen molar-refractivity contribution in [1.29, 1.82) is 0 Å². The van der Waals surface area contributed by atoms with Crippen LogP contribution in [0, 0.1) is 5.92 Å². The molecule has 5 N–H and O–H groups in total. The van der Waals surface area contributed by atoms with Crippen LogP contribution in [-0.4, -0.2) is 64.2 Å². The number of halogens is 3. The zero-order valence-corrected chi connectivity index (χ0v) is 29.2. The smallest absolute Gasteiger partial charge is 0.490 e. The number of hydrogen-bond donors (Lipinski definition) is 4. The van der Waals surface area contributed by atoms with E-state index in [-0.39, 0.29) is 36.9 Å². The van der Waals surface area contributed by atoms with Crippen molar-refractivity contribution in [1.82, 2.24) is 9.88 Å². The minimum Gasteiger partial charge on any atom is -0.490 e. The first kappa shape index (κ1) is 38.2. The van der Waals surface area contributed by atoms with E-state index in [4.69, 9.17) is 19.9 Å². The van der Waals surface area contributed by atoms with Crippen molar-refractivity contribution in [3.05, 3.63) is 78.0 Å². The maximum Gasteiger partial charge on any atom is 0.491 e. The van der Waals surface area contributed by atoms with Gasteiger partial charge in [-0.2, -0.15) is 13.2 Å². The lowest BCUT2D eigenvalue weighted by molar-refractivity contribution is -0.189. The Morgan fingerprint density at radius 1 is 1.00 bits per heavy atom. The number of nitrogens with two attached hydrogens (primary N) is 1. The van der Waals surface area contributed by atoms with Gasteiger partial charge < -0.3 is 40.6 Å². The Morgan fingerprint density at radius 3 is 2.38 bits per heavy atom. The summed E-state index contributed by atoms with van der Waals surface area (Å²) in [6.45, 7) is 6.79. The van der Waals surface area contributed by atoms with E-state index >= 15 is 0 Å². The van der Waals surface area contributed by atoms with Crippen LogP contribution in [-0.2, 0) is 19.2 Å². The number of amides is 2. The molecule has 4 aromatic rings. The van der Waals surface area contributed by atoms with Crippen LogP contribution in [0.1, 0.15) is 57.3 Å². The molecule has 1 aliphatic heterocycles. The fourth-order valence-corrected chi connectivity index (χ4v) is 6.23. The highest BCUT2D eigenvalue weighted by Gasteiger charge is 2.47. The van der Waals surface area contributed by atoms with Crippen LogP contribution in [0.5, 0.6) is 17.2 Å². The first-order valence-electron chi connectivity index (χ1n) is 16.6. The summed E-state index contributed by atoms with van der Waals surface area (Å²) in [5.41, 5.74) is 6.76. The van der Waals surface area contributed by atoms with Gasteiger partial charge in [-0.15, -0.1) is 0 Å². The summed E-state index contributed by atoms with van der Waals surface area (Å²) >= 11 is 0. The topological polar surface area (TPSA) is 182 Å². The maximum absolute atomic E-state index is 14.9. The Balaban J connectivity index is 1.65. The van der Waals surface area contributed by atoms with Crippen molar-refractivity contribution in [2.75, 3.05) is 29.5 Å². The molecule has 280 valence electrons. The summed E-state index contributed by atoms with van der Waals surface area (Å²) < 4.78 is 56.7. The zero-order valence-electron chi connectivity index (χ0n) is 29.2. The summed E-state index contributed by atoms with van der Waals surface area (Å²) in [5, 5.41) is 17.4. The largest absolute Gasteiger partial charge is 0.491 e. The first-order valence-corrected chi connectivity index (χ1v) is 16.6. The fourth-order valence-electron chi connectivity index (χ4n) is 6.23. The highest BCUT2D eigenvalue weighted by molar-refractivity contribution is 5.94. The van der Waals surface area contributed by atoms with Gasteiger partial charge in [0, 0.05) is 42.0 Å². The molecule has 3 unspecified atom stereocenters. The summed E-state index contributed by atoms with van der Waals surface area (Å²) in [4.78, 5) is 56.9. The molecule has 16 heteroatoms. The van der Waals surface area contributed by atoms with Gasteiger partial charge >= 0.3 is 18.1 Å². The van der Waals surface area contributed by atoms with Gasteiger partial charge in [0.1, 0.15) is 17.6 Å². The van der Waals surface area contributed by atoms with Crippen LogP contribution < -0.4 is 30.6 Å². The number of benzene rings is 3. The summed E-state index contributed by atoms with van der Waals surface area (Å²) in [5.74, 6) is -6.00. The number of carbonyl (C=O) groups excluding carboxylic acids is 3. The Labute approximate surface area is 302 Å². The number of hydrogen-bond acceptors (Lipinski definition) is 10. The number of nitrogen functional groups attached to an aromatic ring is 1. The number of carboxylic acids is 1. The number of alkyl halides is 3. The third kappa shape index (κ3) is 8.71. The Morgan fingerprint density at radius 2 is 1.72 bits per heavy atom. The quantitative estimate of drug-likeness (QED) is 0.0952. The first-order chi connectivity index (χ1) is 25.1. The van der Waals surface area contributed by atoms with Crippen molar-refractivity contribution in [3.63, 3.8) is 0 Å². The number of nitrogens with one attached hydrogen (secondary N) is 2. The highest BCUT2D eigenvalue weighted by atomic mass is 19.4. The SMILES string of the molecule is CCOc1cc(C(Nc2ccc3c(N)nccc3c2)C(=O)N2CCC(C(=O)O)C2c2cc(NC(C)=O)ccc2OC(=O)C(F)(F)F)ccc1OC(C)C. The molecule has 0 radical (unpaired) electrons. The van der Waals surface area contributed by atoms with Crippen molar-refractivity contribution < 1.29 is 51.7 Å². The van der Waals surface area contributed by atoms with E-state index in [9.17, 15) is 37.5 Å². The number of carbonyl (C=O) groups is 4. The molecule has 53 heavy (non-hydrogen) atoms. The van der Waals surface area contributed by atoms with Gasteiger partial charge in [0.25, 0.3) is 0 Å². The van der Waals surface area contributed by atoms with E-state index in [1.54, 1.807) is 49.4 Å². The maximum atomic E-state index is 14.9. The monoisotopic (exact) mass is 737 g/mol. The number of fused-ring (bicyclic) bond motifs is 1. The van der Waals surface area contributed by atoms with Gasteiger partial charge in [0.15, 0.2) is 11.5 Å². The van der Waals surface area contributed by atoms with Gasteiger partial charge in [0.2, 0.25) is 11.8 Å². The molecule has 0 bridgehead atoms. The van der Waals surface area contributed by atoms with Gasteiger partial charge in [0.05, 0.1) is 24.7 Å². The number of aromatic nitrogens is 1. The lowest BCUT2D eigenvalue weighted by Crippen LogP contribution is -2.39. The zero-order chi connectivity index (χ0) is 38.6. The van der Waals surface area contributed by atoms with Crippen LogP contribution >= 0.6 is 0 Å². The number of anilines is 3. The average Bonchev–Trinajstić information content (AvgIpc) is 3.53. The number of pyridine rings is 1. The number of nitrogens with zero attached hydrogens (tertiary/aromatic N) is 2. The van der Waals surface area contributed by atoms with Crippen molar-refractivity contribution in [2.24, 2.45) is 5.92 Å². The predicted molar refractivity (Wildman–Crippen MR) is 189 cm³/mol. The molecular formula is C37H38F3N5O8. The standard InChI is InChI=1S/C37H38F3N5O8/c1-5-51-30-17-22(6-10-29(30)52-19(2)3)31(44-23-7-9-25-21(16-23)12-14-42-33(25)41)34(47)45-15-13-26(35(48)49)32(45)27-18-24(43-20(4)46)8-11-28(27)53-36(50)37(38,39)40/h6-12,14,16-19,26,31-32,44H,5,13,15H2,1-4H3,(H2,41,42)(H,43,46)(H,48,49). The van der Waals surface area contributed by atoms with Gasteiger partial charge in [-0.05, 0) is 92.7 Å². The highest BCUT2D eigenvalue weighted by Crippen LogP contribution is 2.45. The lowest BCUT2D eigenvalue weighted by Gasteiger charge is -2.32. The molecule has 2 heterocycles. The number of carboxylic acid groups (broad SMARTS) is 1. The van der Waals surface area contributed by atoms with E-state index in [0.717, 1.165) is 6.07 Å². The van der Waals surface area contributed by atoms with E-state index in [0.29, 0.717) is 39.3 Å². The fraction of sp³-hybridized carbons (Fsp3) is 0.324. The molecule has 1 aromatic heterocycles. The number of rotatable bonds is 12. The van der Waals surface area contributed by atoms with Gasteiger partial charge in [-0.3, -0.25) is 14.4 Å². The minimum absolute atomic E-state index is 0.0736. The van der Waals surface area contributed by atoms with Crippen LogP contribution in [0.3, 0.4) is 0 Å². The van der Waals surface area contributed by atoms with Crippen LogP contribution in [0.4, 0.5) is 30.4 Å². The molecule has 0 saturated carbocycles. The molecule has 0 spiro atoms. The van der Waals surface area contributed by atoms with Gasteiger partial charge in [-0.1, -0.05) is 6.07 Å². The average molecular weight is 738 g/mol. The number of esters is 1. The Kier molecular flexibility index (Phi) is 11.3. The third-order valence-corrected chi connectivity index (χ3v) is 8.40. The number of likely N-dealkylation sites (tertiary alicyclic amines) is 1. The van der Waals surface area contributed by atoms with Crippen molar-refractivity contribution in [2.45, 2.75) is 58.5 Å². The summed E-state index contributed by atoms with van der Waals surface area (Å²) in [6.07, 6.45) is -4.15. The number of ether oxygens (including phenoxy) is 3. The normalized spacial score (nSPS) is 16.3. The molecule has 1 saturated heterocycles. The van der Waals surface area contributed by atoms with E-state index in [1.807, 2.05) is 13.8 Å². The Bertz CT molecular complexity index is 2040. The molecule has 5 rings (SSSR count). The van der Waals surface area contributed by atoms with Gasteiger partial charge in [-0.25, -0.2) is 9.78 Å². The predicted octanol–water partition coefficient (Wildman–Crippen LogP) is 6.26. The molecule has 1 aliphatic rings. The van der Waals surface area contributed by atoms with Crippen LogP contribution in [0.25, 0.3) is 10.8 Å². The van der Waals surface area contributed by atoms with E-state index < -0.39 is 53.7 Å². The molecule has 2 amide bonds. The minimum atomic E-state index is -5.38. The number of aliphatic carboxylic acids is 1. The van der Waals surface area contributed by atoms with Crippen LogP contribution in [0.15, 0.2) is 66.9 Å². The summed E-state index contributed by atoms with van der Waals surface area (Å²) in [7, 11) is 0. The molecule has 3 atom stereocenters.